The molecule has 0 aliphatic rings. The van der Waals surface area contributed by atoms with Gasteiger partial charge in [-0.3, -0.25) is 9.97 Å². The standard InChI is InChI=1S/C15H20N4/c1-3-6-18-14-8-15(11-17-10-14)19-12(2)13-5-4-7-16-9-13/h4-5,7-12,18-19H,3,6H2,1-2H3. The Morgan fingerprint density at radius 1 is 1.16 bits per heavy atom. The van der Waals surface area contributed by atoms with Crippen LogP contribution in [0.15, 0.2) is 43.0 Å². The molecule has 0 saturated carbocycles. The van der Waals surface area contributed by atoms with Crippen molar-refractivity contribution >= 4 is 11.4 Å². The minimum Gasteiger partial charge on any atom is -0.384 e. The summed E-state index contributed by atoms with van der Waals surface area (Å²) in [6, 6.07) is 6.30. The highest BCUT2D eigenvalue weighted by Gasteiger charge is 2.05. The molecule has 0 saturated heterocycles. The van der Waals surface area contributed by atoms with E-state index < -0.39 is 0 Å². The van der Waals surface area contributed by atoms with Gasteiger partial charge in [-0.2, -0.15) is 0 Å². The predicted octanol–water partition coefficient (Wildman–Crippen LogP) is 3.47. The zero-order chi connectivity index (χ0) is 13.5. The van der Waals surface area contributed by atoms with Gasteiger partial charge in [0.05, 0.1) is 29.8 Å². The highest BCUT2D eigenvalue weighted by atomic mass is 14.9. The summed E-state index contributed by atoms with van der Waals surface area (Å²) in [5.74, 6) is 0. The average molecular weight is 256 g/mol. The predicted molar refractivity (Wildman–Crippen MR) is 79.3 cm³/mol. The SMILES string of the molecule is CCCNc1cncc(NC(C)c2cccnc2)c1. The summed E-state index contributed by atoms with van der Waals surface area (Å²) >= 11 is 0. The van der Waals surface area contributed by atoms with Gasteiger partial charge in [-0.25, -0.2) is 0 Å². The second-order valence-electron chi connectivity index (χ2n) is 4.54. The van der Waals surface area contributed by atoms with Gasteiger partial charge in [-0.15, -0.1) is 0 Å². The minimum absolute atomic E-state index is 0.205. The molecule has 0 spiro atoms. The van der Waals surface area contributed by atoms with Crippen LogP contribution in [0, 0.1) is 0 Å². The van der Waals surface area contributed by atoms with Gasteiger partial charge in [0.25, 0.3) is 0 Å². The lowest BCUT2D eigenvalue weighted by Crippen LogP contribution is -2.08. The molecule has 0 amide bonds. The molecule has 0 aliphatic carbocycles. The normalized spacial score (nSPS) is 11.9. The lowest BCUT2D eigenvalue weighted by atomic mass is 10.1. The summed E-state index contributed by atoms with van der Waals surface area (Å²) in [4.78, 5) is 8.38. The van der Waals surface area contributed by atoms with Gasteiger partial charge >= 0.3 is 0 Å². The smallest absolute Gasteiger partial charge is 0.0552 e. The van der Waals surface area contributed by atoms with E-state index in [1.54, 1.807) is 6.20 Å². The molecule has 0 aromatic carbocycles. The van der Waals surface area contributed by atoms with E-state index in [1.807, 2.05) is 24.7 Å². The van der Waals surface area contributed by atoms with E-state index in [0.717, 1.165) is 29.9 Å². The highest BCUT2D eigenvalue weighted by Crippen LogP contribution is 2.20. The van der Waals surface area contributed by atoms with Gasteiger partial charge in [0, 0.05) is 18.9 Å². The van der Waals surface area contributed by atoms with Crippen molar-refractivity contribution in [2.75, 3.05) is 17.2 Å². The van der Waals surface area contributed by atoms with Crippen LogP contribution >= 0.6 is 0 Å². The molecule has 1 unspecified atom stereocenters. The summed E-state index contributed by atoms with van der Waals surface area (Å²) in [6.07, 6.45) is 8.45. The summed E-state index contributed by atoms with van der Waals surface area (Å²) in [5.41, 5.74) is 3.22. The zero-order valence-corrected chi connectivity index (χ0v) is 11.4. The first kappa shape index (κ1) is 13.3. The van der Waals surface area contributed by atoms with Crippen LogP contribution in [0.2, 0.25) is 0 Å². The molecule has 0 bridgehead atoms. The van der Waals surface area contributed by atoms with Crippen LogP contribution in [-0.4, -0.2) is 16.5 Å². The van der Waals surface area contributed by atoms with Crippen LogP contribution in [0.1, 0.15) is 31.9 Å². The molecule has 19 heavy (non-hydrogen) atoms. The molecular formula is C15H20N4. The van der Waals surface area contributed by atoms with E-state index in [4.69, 9.17) is 0 Å². The Kier molecular flexibility index (Phi) is 4.72. The number of pyridine rings is 2. The molecule has 1 atom stereocenters. The van der Waals surface area contributed by atoms with Crippen molar-refractivity contribution < 1.29 is 0 Å². The van der Waals surface area contributed by atoms with Crippen LogP contribution in [0.25, 0.3) is 0 Å². The Labute approximate surface area is 114 Å². The molecule has 0 fully saturated rings. The van der Waals surface area contributed by atoms with Crippen LogP contribution in [0.5, 0.6) is 0 Å². The van der Waals surface area contributed by atoms with Gasteiger partial charge in [-0.05, 0) is 31.0 Å². The summed E-state index contributed by atoms with van der Waals surface area (Å²) in [6.45, 7) is 5.22. The third kappa shape index (κ3) is 3.95. The molecule has 2 N–H and O–H groups in total. The van der Waals surface area contributed by atoms with Crippen molar-refractivity contribution in [2.24, 2.45) is 0 Å². The Morgan fingerprint density at radius 3 is 2.74 bits per heavy atom. The first-order chi connectivity index (χ1) is 9.29. The fraction of sp³-hybridized carbons (Fsp3) is 0.333. The van der Waals surface area contributed by atoms with E-state index in [0.29, 0.717) is 0 Å². The second kappa shape index (κ2) is 6.73. The number of hydrogen-bond donors (Lipinski definition) is 2. The van der Waals surface area contributed by atoms with Crippen molar-refractivity contribution in [3.63, 3.8) is 0 Å². The maximum Gasteiger partial charge on any atom is 0.0552 e. The fourth-order valence-corrected chi connectivity index (χ4v) is 1.85. The van der Waals surface area contributed by atoms with Gasteiger partial charge in [-0.1, -0.05) is 13.0 Å². The minimum atomic E-state index is 0.205. The number of rotatable bonds is 6. The van der Waals surface area contributed by atoms with Gasteiger partial charge in [0.2, 0.25) is 0 Å². The number of nitrogens with one attached hydrogen (secondary N) is 2. The van der Waals surface area contributed by atoms with Gasteiger partial charge in [0.1, 0.15) is 0 Å². The Bertz CT molecular complexity index is 499. The number of hydrogen-bond acceptors (Lipinski definition) is 4. The molecule has 4 nitrogen and oxygen atoms in total. The van der Waals surface area contributed by atoms with Crippen molar-refractivity contribution in [1.29, 1.82) is 0 Å². The Balaban J connectivity index is 2.02. The number of anilines is 2. The average Bonchev–Trinajstić information content (AvgIpc) is 2.46. The van der Waals surface area contributed by atoms with Crippen molar-refractivity contribution in [2.45, 2.75) is 26.3 Å². The second-order valence-corrected chi connectivity index (χ2v) is 4.54. The Hall–Kier alpha value is -2.10. The molecule has 0 aliphatic heterocycles. The van der Waals surface area contributed by atoms with Crippen LogP contribution in [-0.2, 0) is 0 Å². The van der Waals surface area contributed by atoms with Crippen LogP contribution in [0.3, 0.4) is 0 Å². The third-order valence-corrected chi connectivity index (χ3v) is 2.88. The maximum absolute atomic E-state index is 4.24. The maximum atomic E-state index is 4.24. The van der Waals surface area contributed by atoms with E-state index in [1.165, 1.54) is 0 Å². The fourth-order valence-electron chi connectivity index (χ4n) is 1.85. The number of nitrogens with zero attached hydrogens (tertiary/aromatic N) is 2. The number of aromatic nitrogens is 2. The first-order valence-corrected chi connectivity index (χ1v) is 6.65. The molecular weight excluding hydrogens is 236 g/mol. The van der Waals surface area contributed by atoms with E-state index in [9.17, 15) is 0 Å². The summed E-state index contributed by atoms with van der Waals surface area (Å²) in [7, 11) is 0. The van der Waals surface area contributed by atoms with Crippen molar-refractivity contribution in [3.05, 3.63) is 48.5 Å². The molecule has 2 aromatic heterocycles. The molecule has 2 aromatic rings. The third-order valence-electron chi connectivity index (χ3n) is 2.88. The highest BCUT2D eigenvalue weighted by molar-refractivity contribution is 5.54. The molecule has 0 radical (unpaired) electrons. The first-order valence-electron chi connectivity index (χ1n) is 6.65. The summed E-state index contributed by atoms with van der Waals surface area (Å²) < 4.78 is 0. The molecule has 100 valence electrons. The topological polar surface area (TPSA) is 49.8 Å². The monoisotopic (exact) mass is 256 g/mol. The molecule has 4 heteroatoms. The Morgan fingerprint density at radius 2 is 2.00 bits per heavy atom. The zero-order valence-electron chi connectivity index (χ0n) is 11.4. The lowest BCUT2D eigenvalue weighted by molar-refractivity contribution is 0.874. The quantitative estimate of drug-likeness (QED) is 0.831. The van der Waals surface area contributed by atoms with Gasteiger partial charge in [0.15, 0.2) is 0 Å². The largest absolute Gasteiger partial charge is 0.384 e. The van der Waals surface area contributed by atoms with Crippen LogP contribution in [0.4, 0.5) is 11.4 Å². The van der Waals surface area contributed by atoms with E-state index in [2.05, 4.69) is 46.6 Å². The van der Waals surface area contributed by atoms with Crippen molar-refractivity contribution in [1.82, 2.24) is 9.97 Å². The van der Waals surface area contributed by atoms with Gasteiger partial charge < -0.3 is 10.6 Å². The van der Waals surface area contributed by atoms with E-state index >= 15 is 0 Å². The lowest BCUT2D eigenvalue weighted by Gasteiger charge is -2.15. The summed E-state index contributed by atoms with van der Waals surface area (Å²) in [5, 5.41) is 6.77. The van der Waals surface area contributed by atoms with E-state index in [-0.39, 0.29) is 6.04 Å². The molecule has 2 rings (SSSR count). The van der Waals surface area contributed by atoms with Crippen LogP contribution < -0.4 is 10.6 Å². The van der Waals surface area contributed by atoms with Crippen molar-refractivity contribution in [3.8, 4) is 0 Å². The molecule has 2 heterocycles.